The largest absolute Gasteiger partial charge is 0.392 e. The van der Waals surface area contributed by atoms with Gasteiger partial charge in [0.05, 0.1) is 6.10 Å². The van der Waals surface area contributed by atoms with E-state index < -0.39 is 0 Å². The van der Waals surface area contributed by atoms with Gasteiger partial charge in [-0.2, -0.15) is 5.10 Å². The van der Waals surface area contributed by atoms with Crippen LogP contribution < -0.4 is 0 Å². The number of aliphatic hydroxyl groups excluding tert-OH is 1. The van der Waals surface area contributed by atoms with Crippen molar-refractivity contribution in [1.82, 2.24) is 19.7 Å². The number of aromatic nitrogens is 3. The average molecular weight is 250 g/mol. The number of hydrogen-bond acceptors (Lipinski definition) is 4. The van der Waals surface area contributed by atoms with Gasteiger partial charge in [-0.1, -0.05) is 0 Å². The Morgan fingerprint density at radius 1 is 1.33 bits per heavy atom. The highest BCUT2D eigenvalue weighted by atomic mass is 16.3. The average Bonchev–Trinajstić information content (AvgIpc) is 2.80. The van der Waals surface area contributed by atoms with Crippen LogP contribution in [0.1, 0.15) is 31.5 Å². The summed E-state index contributed by atoms with van der Waals surface area (Å²) >= 11 is 0. The maximum atomic E-state index is 10.4. The van der Waals surface area contributed by atoms with Crippen LogP contribution in [0.15, 0.2) is 6.33 Å². The molecule has 2 fully saturated rings. The predicted molar refractivity (Wildman–Crippen MR) is 68.0 cm³/mol. The number of piperidine rings is 1. The highest BCUT2D eigenvalue weighted by Crippen LogP contribution is 2.39. The number of aryl methyl sites for hydroxylation is 1. The second-order valence-corrected chi connectivity index (χ2v) is 5.85. The Morgan fingerprint density at radius 2 is 2.00 bits per heavy atom. The van der Waals surface area contributed by atoms with Crippen LogP contribution in [0.3, 0.4) is 0 Å². The van der Waals surface area contributed by atoms with Crippen LogP contribution in [-0.4, -0.2) is 50.0 Å². The molecule has 0 saturated carbocycles. The summed E-state index contributed by atoms with van der Waals surface area (Å²) in [6, 6.07) is 1.37. The number of fused-ring (bicyclic) bond motifs is 2. The van der Waals surface area contributed by atoms with Gasteiger partial charge in [-0.15, -0.1) is 0 Å². The van der Waals surface area contributed by atoms with Gasteiger partial charge in [-0.25, -0.2) is 4.98 Å². The van der Waals surface area contributed by atoms with Crippen molar-refractivity contribution >= 4 is 0 Å². The number of hydrogen-bond donors (Lipinski definition) is 1. The zero-order valence-corrected chi connectivity index (χ0v) is 11.2. The molecule has 1 N–H and O–H groups in total. The van der Waals surface area contributed by atoms with Crippen LogP contribution in [0.4, 0.5) is 0 Å². The van der Waals surface area contributed by atoms with Gasteiger partial charge in [0.2, 0.25) is 0 Å². The summed E-state index contributed by atoms with van der Waals surface area (Å²) in [6.07, 6.45) is 6.77. The molecule has 18 heavy (non-hydrogen) atoms. The van der Waals surface area contributed by atoms with Crippen LogP contribution in [0, 0.1) is 5.92 Å². The molecule has 0 spiro atoms. The lowest BCUT2D eigenvalue weighted by molar-refractivity contribution is 0.0353. The molecule has 0 aromatic carbocycles. The normalized spacial score (nSPS) is 33.8. The highest BCUT2D eigenvalue weighted by Gasteiger charge is 2.40. The molecule has 5 heteroatoms. The van der Waals surface area contributed by atoms with E-state index in [1.807, 2.05) is 7.05 Å². The van der Waals surface area contributed by atoms with E-state index in [0.29, 0.717) is 24.4 Å². The Kier molecular flexibility index (Phi) is 3.11. The van der Waals surface area contributed by atoms with Crippen molar-refractivity contribution in [1.29, 1.82) is 0 Å². The third-order valence-corrected chi connectivity index (χ3v) is 4.88. The minimum absolute atomic E-state index is 0.273. The lowest BCUT2D eigenvalue weighted by atomic mass is 9.85. The molecule has 1 aromatic rings. The molecule has 2 saturated heterocycles. The van der Waals surface area contributed by atoms with Crippen molar-refractivity contribution in [2.45, 2.75) is 50.3 Å². The molecule has 3 heterocycles. The lowest BCUT2D eigenvalue weighted by Crippen LogP contribution is -2.43. The van der Waals surface area contributed by atoms with E-state index >= 15 is 0 Å². The molecule has 2 aliphatic heterocycles. The van der Waals surface area contributed by atoms with Crippen molar-refractivity contribution in [2.75, 3.05) is 7.05 Å². The quantitative estimate of drug-likeness (QED) is 0.853. The fraction of sp³-hybridized carbons (Fsp3) is 0.846. The number of nitrogens with zero attached hydrogens (tertiary/aromatic N) is 4. The minimum atomic E-state index is -0.273. The Morgan fingerprint density at radius 3 is 2.56 bits per heavy atom. The number of aliphatic hydroxyl groups is 1. The Hall–Kier alpha value is -0.940. The third kappa shape index (κ3) is 2.06. The first-order chi connectivity index (χ1) is 8.65. The van der Waals surface area contributed by atoms with Crippen LogP contribution in [0.2, 0.25) is 0 Å². The first kappa shape index (κ1) is 12.1. The standard InChI is InChI=1S/C13H22N4O/c1-16-10-3-4-11(16)6-9(5-10)12(18)7-13-14-8-15-17(13)2/h8-12,18H,3-7H2,1-2H3. The maximum Gasteiger partial charge on any atom is 0.138 e. The molecule has 3 rings (SSSR count). The molecule has 0 amide bonds. The summed E-state index contributed by atoms with van der Waals surface area (Å²) in [4.78, 5) is 6.71. The van der Waals surface area contributed by atoms with Crippen molar-refractivity contribution < 1.29 is 5.11 Å². The van der Waals surface area contributed by atoms with Crippen molar-refractivity contribution in [2.24, 2.45) is 13.0 Å². The molecular formula is C13H22N4O. The van der Waals surface area contributed by atoms with Gasteiger partial charge in [0.25, 0.3) is 0 Å². The van der Waals surface area contributed by atoms with Crippen LogP contribution in [0.5, 0.6) is 0 Å². The van der Waals surface area contributed by atoms with Crippen molar-refractivity contribution in [3.05, 3.63) is 12.2 Å². The second-order valence-electron chi connectivity index (χ2n) is 5.85. The molecule has 0 aliphatic carbocycles. The van der Waals surface area contributed by atoms with Crippen LogP contribution in [0.25, 0.3) is 0 Å². The summed E-state index contributed by atoms with van der Waals surface area (Å²) in [5.74, 6) is 1.31. The van der Waals surface area contributed by atoms with Gasteiger partial charge in [-0.05, 0) is 38.6 Å². The Bertz CT molecular complexity index is 405. The molecule has 3 unspecified atom stereocenters. The SMILES string of the molecule is CN1C2CCC1CC(C(O)Cc1ncnn1C)C2. The summed E-state index contributed by atoms with van der Waals surface area (Å²) in [6.45, 7) is 0. The fourth-order valence-electron chi connectivity index (χ4n) is 3.63. The van der Waals surface area contributed by atoms with E-state index in [9.17, 15) is 5.11 Å². The smallest absolute Gasteiger partial charge is 0.138 e. The summed E-state index contributed by atoms with van der Waals surface area (Å²) < 4.78 is 1.76. The molecule has 0 radical (unpaired) electrons. The van der Waals surface area contributed by atoms with Gasteiger partial charge in [0.1, 0.15) is 12.2 Å². The topological polar surface area (TPSA) is 54.2 Å². The Balaban J connectivity index is 1.64. The predicted octanol–water partition coefficient (Wildman–Crippen LogP) is 0.591. The Labute approximate surface area is 108 Å². The molecule has 5 nitrogen and oxygen atoms in total. The van der Waals surface area contributed by atoms with E-state index in [0.717, 1.165) is 18.7 Å². The van der Waals surface area contributed by atoms with Gasteiger partial charge < -0.3 is 10.0 Å². The van der Waals surface area contributed by atoms with E-state index in [1.165, 1.54) is 12.8 Å². The third-order valence-electron chi connectivity index (χ3n) is 4.88. The molecule has 2 bridgehead atoms. The number of rotatable bonds is 3. The van der Waals surface area contributed by atoms with Gasteiger partial charge in [0.15, 0.2) is 0 Å². The summed E-state index contributed by atoms with van der Waals surface area (Å²) in [7, 11) is 4.11. The van der Waals surface area contributed by atoms with Gasteiger partial charge in [-0.3, -0.25) is 4.68 Å². The van der Waals surface area contributed by atoms with Gasteiger partial charge >= 0.3 is 0 Å². The summed E-state index contributed by atoms with van der Waals surface area (Å²) in [5.41, 5.74) is 0. The van der Waals surface area contributed by atoms with E-state index in [4.69, 9.17) is 0 Å². The monoisotopic (exact) mass is 250 g/mol. The van der Waals surface area contributed by atoms with Gasteiger partial charge in [0, 0.05) is 25.6 Å². The van der Waals surface area contributed by atoms with Crippen molar-refractivity contribution in [3.8, 4) is 0 Å². The molecule has 2 aliphatic rings. The lowest BCUT2D eigenvalue weighted by Gasteiger charge is -2.38. The molecule has 1 aromatic heterocycles. The van der Waals surface area contributed by atoms with E-state index in [2.05, 4.69) is 22.0 Å². The van der Waals surface area contributed by atoms with E-state index in [-0.39, 0.29) is 6.10 Å². The zero-order valence-electron chi connectivity index (χ0n) is 11.2. The maximum absolute atomic E-state index is 10.4. The van der Waals surface area contributed by atoms with E-state index in [1.54, 1.807) is 11.0 Å². The fourth-order valence-corrected chi connectivity index (χ4v) is 3.63. The first-order valence-electron chi connectivity index (χ1n) is 6.88. The first-order valence-corrected chi connectivity index (χ1v) is 6.88. The summed E-state index contributed by atoms with van der Waals surface area (Å²) in [5, 5.41) is 14.5. The van der Waals surface area contributed by atoms with Crippen molar-refractivity contribution in [3.63, 3.8) is 0 Å². The molecule has 100 valence electrons. The molecular weight excluding hydrogens is 228 g/mol. The second kappa shape index (κ2) is 4.63. The highest BCUT2D eigenvalue weighted by molar-refractivity contribution is 4.97. The minimum Gasteiger partial charge on any atom is -0.392 e. The van der Waals surface area contributed by atoms with Crippen LogP contribution in [-0.2, 0) is 13.5 Å². The van der Waals surface area contributed by atoms with Crippen LogP contribution >= 0.6 is 0 Å². The molecule has 3 atom stereocenters. The zero-order chi connectivity index (χ0) is 12.7.